The number of carbonyl (C=O) groups excluding carboxylic acids is 3. The molecule has 1 rings (SSSR count). The van der Waals surface area contributed by atoms with Crippen molar-refractivity contribution in [1.29, 1.82) is 0 Å². The number of hydrazone groups is 1. The van der Waals surface area contributed by atoms with E-state index in [-0.39, 0.29) is 12.3 Å². The quantitative estimate of drug-likeness (QED) is 0.123. The van der Waals surface area contributed by atoms with Crippen molar-refractivity contribution in [3.05, 3.63) is 23.9 Å². The molecule has 0 aliphatic carbocycles. The lowest BCUT2D eigenvalue weighted by atomic mass is 10.1. The highest BCUT2D eigenvalue weighted by Crippen LogP contribution is 2.12. The first kappa shape index (κ1) is 33.3. The zero-order valence-electron chi connectivity index (χ0n) is 22.3. The number of amides is 3. The maximum atomic E-state index is 12.9. The van der Waals surface area contributed by atoms with Gasteiger partial charge in [0.1, 0.15) is 6.04 Å². The molecule has 13 heteroatoms. The number of allylic oxidation sites excluding steroid dienone is 3. The molecule has 0 bridgehead atoms. The van der Waals surface area contributed by atoms with E-state index in [1.807, 2.05) is 18.2 Å². The molecule has 1 heterocycles. The van der Waals surface area contributed by atoms with E-state index in [4.69, 9.17) is 29.4 Å². The van der Waals surface area contributed by atoms with E-state index in [1.54, 1.807) is 13.1 Å². The van der Waals surface area contributed by atoms with Crippen molar-refractivity contribution < 1.29 is 38.1 Å². The van der Waals surface area contributed by atoms with Crippen molar-refractivity contribution in [3.63, 3.8) is 0 Å². The molecule has 1 atom stereocenters. The second kappa shape index (κ2) is 23.4. The minimum atomic E-state index is -0.873. The molecule has 0 fully saturated rings. The lowest BCUT2D eigenvalue weighted by Crippen LogP contribution is -2.47. The number of nitrogens with zero attached hydrogens (tertiary/aromatic N) is 2. The van der Waals surface area contributed by atoms with E-state index in [2.05, 4.69) is 15.7 Å². The lowest BCUT2D eigenvalue weighted by molar-refractivity contribution is -0.141. The maximum absolute atomic E-state index is 12.9. The van der Waals surface area contributed by atoms with Gasteiger partial charge < -0.3 is 34.7 Å². The predicted molar refractivity (Wildman–Crippen MR) is 141 cm³/mol. The molecule has 1 unspecified atom stereocenters. The van der Waals surface area contributed by atoms with Crippen LogP contribution in [0.5, 0.6) is 0 Å². The Hall–Kier alpha value is -2.68. The van der Waals surface area contributed by atoms with Crippen molar-refractivity contribution in [2.75, 3.05) is 79.2 Å². The summed E-state index contributed by atoms with van der Waals surface area (Å²) in [7, 11) is 0. The van der Waals surface area contributed by atoms with Gasteiger partial charge in [-0.2, -0.15) is 5.10 Å². The van der Waals surface area contributed by atoms with Gasteiger partial charge in [0.2, 0.25) is 12.3 Å². The van der Waals surface area contributed by atoms with Gasteiger partial charge in [-0.25, -0.2) is 5.01 Å². The maximum Gasteiger partial charge on any atom is 0.251 e. The summed E-state index contributed by atoms with van der Waals surface area (Å²) in [4.78, 5) is 35.8. The Morgan fingerprint density at radius 2 is 1.61 bits per heavy atom. The van der Waals surface area contributed by atoms with Crippen LogP contribution in [0.15, 0.2) is 29.0 Å². The summed E-state index contributed by atoms with van der Waals surface area (Å²) >= 11 is 0. The van der Waals surface area contributed by atoms with Crippen molar-refractivity contribution in [1.82, 2.24) is 15.6 Å². The molecule has 0 aromatic heterocycles. The molecular weight excluding hydrogens is 498 g/mol. The third-order valence-electron chi connectivity index (χ3n) is 5.01. The third-order valence-corrected chi connectivity index (χ3v) is 5.01. The van der Waals surface area contributed by atoms with E-state index in [0.29, 0.717) is 104 Å². The van der Waals surface area contributed by atoms with Crippen LogP contribution in [-0.4, -0.2) is 115 Å². The average Bonchev–Trinajstić information content (AvgIpc) is 2.91. The summed E-state index contributed by atoms with van der Waals surface area (Å²) < 4.78 is 27.0. The molecule has 13 nitrogen and oxygen atoms in total. The fraction of sp³-hybridized carbons (Fsp3) is 0.680. The van der Waals surface area contributed by atoms with Crippen LogP contribution in [0.1, 0.15) is 26.2 Å². The minimum absolute atomic E-state index is 0.0166. The highest BCUT2D eigenvalue weighted by atomic mass is 16.6. The van der Waals surface area contributed by atoms with Gasteiger partial charge in [-0.3, -0.25) is 19.7 Å². The zero-order chi connectivity index (χ0) is 27.7. The number of nitrogens with two attached hydrogens (primary N) is 1. The molecule has 0 aromatic rings. The Kier molecular flexibility index (Phi) is 20.6. The second-order valence-corrected chi connectivity index (χ2v) is 7.90. The summed E-state index contributed by atoms with van der Waals surface area (Å²) in [6.07, 6.45) is 8.21. The van der Waals surface area contributed by atoms with Gasteiger partial charge in [0.15, 0.2) is 0 Å². The monoisotopic (exact) mass is 541 g/mol. The molecule has 1 aliphatic heterocycles. The number of carbonyl (C=O) groups is 3. The van der Waals surface area contributed by atoms with Crippen LogP contribution in [0, 0.1) is 0 Å². The van der Waals surface area contributed by atoms with Gasteiger partial charge >= 0.3 is 0 Å². The summed E-state index contributed by atoms with van der Waals surface area (Å²) in [5.41, 5.74) is 5.99. The summed E-state index contributed by atoms with van der Waals surface area (Å²) in [6, 6.07) is -0.873. The van der Waals surface area contributed by atoms with Crippen LogP contribution in [-0.2, 0) is 38.1 Å². The highest BCUT2D eigenvalue weighted by Gasteiger charge is 2.28. The Morgan fingerprint density at radius 1 is 1.03 bits per heavy atom. The van der Waals surface area contributed by atoms with Crippen molar-refractivity contribution in [2.45, 2.75) is 32.2 Å². The summed E-state index contributed by atoms with van der Waals surface area (Å²) in [6.45, 7) is 7.54. The first-order valence-electron chi connectivity index (χ1n) is 12.9. The Morgan fingerprint density at radius 3 is 2.16 bits per heavy atom. The number of rotatable bonds is 22. The topological polar surface area (TPSA) is 163 Å². The zero-order valence-corrected chi connectivity index (χ0v) is 22.3. The molecule has 216 valence electrons. The molecule has 0 radical (unpaired) electrons. The van der Waals surface area contributed by atoms with E-state index in [0.717, 1.165) is 5.01 Å². The van der Waals surface area contributed by atoms with Crippen LogP contribution >= 0.6 is 0 Å². The van der Waals surface area contributed by atoms with Gasteiger partial charge in [0.05, 0.1) is 72.5 Å². The first-order valence-corrected chi connectivity index (χ1v) is 12.9. The van der Waals surface area contributed by atoms with Crippen molar-refractivity contribution in [2.24, 2.45) is 10.8 Å². The summed E-state index contributed by atoms with van der Waals surface area (Å²) in [5, 5.41) is 10.6. The Balaban J connectivity index is 2.19. The highest BCUT2D eigenvalue weighted by molar-refractivity contribution is 5.93. The number of hydrogen-bond donors (Lipinski definition) is 3. The number of imide groups is 1. The molecule has 0 aromatic carbocycles. The van der Waals surface area contributed by atoms with E-state index < -0.39 is 11.9 Å². The average molecular weight is 542 g/mol. The molecule has 38 heavy (non-hydrogen) atoms. The molecule has 0 spiro atoms. The first-order chi connectivity index (χ1) is 18.6. The molecule has 4 N–H and O–H groups in total. The van der Waals surface area contributed by atoms with E-state index in [9.17, 15) is 14.4 Å². The number of nitrogens with one attached hydrogen (secondary N) is 2. The summed E-state index contributed by atoms with van der Waals surface area (Å²) in [5.74, 6) is -0.932. The van der Waals surface area contributed by atoms with Crippen LogP contribution < -0.4 is 16.4 Å². The SMILES string of the molecule is CCC(C(=O)NC=O)N1/N=C\C/C=C\C=C(\NCCOCCOCCOCCOCCOCCN)CC1=O. The standard InChI is InChI=1S/C25H43N5O8/c1-2-23(25(33)28-21-31)30-24(32)20-22(6-4-3-5-8-29-30)27-9-11-35-13-15-37-17-19-38-18-16-36-14-12-34-10-7-26/h3-4,6,8,21,23,27H,2,5,7,9-20,26H2,1H3,(H,28,31,33)/b4-3-,22-6+,29-8-. The molecule has 0 saturated carbocycles. The fourth-order valence-electron chi connectivity index (χ4n) is 3.17. The van der Waals surface area contributed by atoms with Crippen LogP contribution in [0.2, 0.25) is 0 Å². The van der Waals surface area contributed by atoms with Gasteiger partial charge in [-0.15, -0.1) is 0 Å². The Bertz CT molecular complexity index is 747. The molecule has 1 aliphatic rings. The molecular formula is C25H43N5O8. The molecule has 0 saturated heterocycles. The van der Waals surface area contributed by atoms with Crippen LogP contribution in [0.4, 0.5) is 0 Å². The van der Waals surface area contributed by atoms with Crippen LogP contribution in [0.3, 0.4) is 0 Å². The predicted octanol–water partition coefficient (Wildman–Crippen LogP) is -0.283. The Labute approximate surface area is 224 Å². The van der Waals surface area contributed by atoms with Crippen LogP contribution in [0.25, 0.3) is 0 Å². The fourth-order valence-corrected chi connectivity index (χ4v) is 3.17. The second-order valence-electron chi connectivity index (χ2n) is 7.90. The largest absolute Gasteiger partial charge is 0.386 e. The van der Waals surface area contributed by atoms with Gasteiger partial charge in [-0.05, 0) is 12.5 Å². The van der Waals surface area contributed by atoms with E-state index in [1.165, 1.54) is 0 Å². The normalized spacial score (nSPS) is 17.8. The van der Waals surface area contributed by atoms with Gasteiger partial charge in [0, 0.05) is 31.4 Å². The number of hydrogen-bond acceptors (Lipinski definition) is 11. The van der Waals surface area contributed by atoms with Crippen molar-refractivity contribution >= 4 is 24.4 Å². The third kappa shape index (κ3) is 16.2. The smallest absolute Gasteiger partial charge is 0.251 e. The lowest BCUT2D eigenvalue weighted by Gasteiger charge is -2.26. The molecule has 3 amide bonds. The van der Waals surface area contributed by atoms with E-state index >= 15 is 0 Å². The van der Waals surface area contributed by atoms with Gasteiger partial charge in [0.25, 0.3) is 5.91 Å². The van der Waals surface area contributed by atoms with Gasteiger partial charge in [-0.1, -0.05) is 19.1 Å². The van der Waals surface area contributed by atoms with Crippen molar-refractivity contribution in [3.8, 4) is 0 Å². The minimum Gasteiger partial charge on any atom is -0.386 e. The number of ether oxygens (including phenoxy) is 5.